The third-order valence-corrected chi connectivity index (χ3v) is 5.52. The number of amides is 1. The van der Waals surface area contributed by atoms with Crippen molar-refractivity contribution in [1.82, 2.24) is 9.80 Å². The predicted molar refractivity (Wildman–Crippen MR) is 93.9 cm³/mol. The first-order chi connectivity index (χ1) is 11.5. The normalized spacial score (nSPS) is 22.7. The molecular weight excluding hydrogens is 328 g/mol. The maximum atomic E-state index is 12.7. The zero-order valence-corrected chi connectivity index (χ0v) is 15.3. The number of ether oxygens (including phenoxy) is 2. The van der Waals surface area contributed by atoms with Crippen molar-refractivity contribution in [3.63, 3.8) is 0 Å². The molecule has 1 spiro atoms. The van der Waals surface area contributed by atoms with Gasteiger partial charge >= 0.3 is 0 Å². The molecule has 3 rings (SSSR count). The third kappa shape index (κ3) is 3.13. The van der Waals surface area contributed by atoms with Crippen molar-refractivity contribution < 1.29 is 14.3 Å². The minimum atomic E-state index is 0.0341. The Labute approximate surface area is 148 Å². The number of benzene rings is 1. The van der Waals surface area contributed by atoms with Crippen LogP contribution in [0.15, 0.2) is 18.2 Å². The Hall–Kier alpha value is -1.30. The zero-order valence-electron chi connectivity index (χ0n) is 14.5. The van der Waals surface area contributed by atoms with Crippen LogP contribution in [-0.4, -0.2) is 68.3 Å². The summed E-state index contributed by atoms with van der Waals surface area (Å²) in [5, 5.41) is 0.466. The molecule has 0 radical (unpaired) electrons. The quantitative estimate of drug-likeness (QED) is 0.816. The second kappa shape index (κ2) is 6.90. The average molecular weight is 353 g/mol. The van der Waals surface area contributed by atoms with Crippen molar-refractivity contribution in [2.75, 3.05) is 47.0 Å². The van der Waals surface area contributed by atoms with E-state index in [9.17, 15) is 4.79 Å². The molecule has 1 atom stereocenters. The second-order valence-electron chi connectivity index (χ2n) is 6.85. The molecule has 0 saturated carbocycles. The summed E-state index contributed by atoms with van der Waals surface area (Å²) in [6.45, 7) is 6.18. The molecule has 2 saturated heterocycles. The molecule has 1 aromatic rings. The summed E-state index contributed by atoms with van der Waals surface area (Å²) >= 11 is 6.13. The molecule has 2 aliphatic heterocycles. The molecule has 24 heavy (non-hydrogen) atoms. The fourth-order valence-corrected chi connectivity index (χ4v) is 4.15. The van der Waals surface area contributed by atoms with Crippen LogP contribution in [-0.2, 0) is 4.74 Å². The lowest BCUT2D eigenvalue weighted by atomic mass is 9.84. The van der Waals surface area contributed by atoms with Gasteiger partial charge in [-0.3, -0.25) is 9.69 Å². The van der Waals surface area contributed by atoms with E-state index in [1.165, 1.54) is 0 Å². The summed E-state index contributed by atoms with van der Waals surface area (Å²) in [4.78, 5) is 17.0. The Kier molecular flexibility index (Phi) is 5.04. The summed E-state index contributed by atoms with van der Waals surface area (Å²) in [5.74, 6) is 1.18. The molecule has 6 heteroatoms. The van der Waals surface area contributed by atoms with Crippen molar-refractivity contribution in [3.8, 4) is 5.75 Å². The van der Waals surface area contributed by atoms with Gasteiger partial charge in [0.05, 0.1) is 24.3 Å². The van der Waals surface area contributed by atoms with Gasteiger partial charge in [0.15, 0.2) is 0 Å². The second-order valence-corrected chi connectivity index (χ2v) is 7.25. The average Bonchev–Trinajstić information content (AvgIpc) is 2.87. The first-order valence-corrected chi connectivity index (χ1v) is 8.78. The van der Waals surface area contributed by atoms with Gasteiger partial charge in [-0.1, -0.05) is 11.6 Å². The van der Waals surface area contributed by atoms with E-state index in [4.69, 9.17) is 21.1 Å². The molecule has 2 heterocycles. The fourth-order valence-electron chi connectivity index (χ4n) is 3.90. The Morgan fingerprint density at radius 2 is 2.17 bits per heavy atom. The number of methoxy groups -OCH3 is 1. The van der Waals surface area contributed by atoms with Gasteiger partial charge < -0.3 is 14.4 Å². The molecule has 0 aliphatic carbocycles. The number of carbonyl (C=O) groups excluding carboxylic acids is 1. The minimum absolute atomic E-state index is 0.0341. The molecule has 2 aliphatic rings. The van der Waals surface area contributed by atoms with E-state index < -0.39 is 0 Å². The summed E-state index contributed by atoms with van der Waals surface area (Å²) < 4.78 is 10.7. The number of rotatable bonds is 5. The number of likely N-dealkylation sites (tertiary alicyclic amines) is 2. The largest absolute Gasteiger partial charge is 0.495 e. The highest BCUT2D eigenvalue weighted by Gasteiger charge is 2.53. The number of nitrogens with zero attached hydrogens (tertiary/aromatic N) is 2. The number of hydrogen-bond donors (Lipinski definition) is 0. The molecule has 0 unspecified atom stereocenters. The fraction of sp³-hybridized carbons (Fsp3) is 0.611. The van der Waals surface area contributed by atoms with E-state index in [0.29, 0.717) is 22.3 Å². The Bertz CT molecular complexity index is 616. The van der Waals surface area contributed by atoms with E-state index >= 15 is 0 Å². The van der Waals surface area contributed by atoms with Gasteiger partial charge in [-0.15, -0.1) is 0 Å². The Morgan fingerprint density at radius 1 is 1.42 bits per heavy atom. The molecule has 2 fully saturated rings. The first kappa shape index (κ1) is 17.5. The van der Waals surface area contributed by atoms with Gasteiger partial charge in [0, 0.05) is 31.8 Å². The van der Waals surface area contributed by atoms with Gasteiger partial charge in [-0.05, 0) is 44.5 Å². The highest BCUT2D eigenvalue weighted by molar-refractivity contribution is 6.32. The maximum absolute atomic E-state index is 12.7. The van der Waals surface area contributed by atoms with E-state index in [1.807, 2.05) is 11.8 Å². The van der Waals surface area contributed by atoms with Crippen LogP contribution < -0.4 is 4.74 Å². The van der Waals surface area contributed by atoms with Gasteiger partial charge in [-0.2, -0.15) is 0 Å². The maximum Gasteiger partial charge on any atom is 0.254 e. The van der Waals surface area contributed by atoms with Gasteiger partial charge in [-0.25, -0.2) is 0 Å². The lowest BCUT2D eigenvalue weighted by Gasteiger charge is -2.52. The van der Waals surface area contributed by atoms with Gasteiger partial charge in [0.25, 0.3) is 5.91 Å². The summed E-state index contributed by atoms with van der Waals surface area (Å²) in [7, 11) is 3.72. The summed E-state index contributed by atoms with van der Waals surface area (Å²) in [6.07, 6.45) is 1.09. The highest BCUT2D eigenvalue weighted by Crippen LogP contribution is 2.40. The monoisotopic (exact) mass is 352 g/mol. The van der Waals surface area contributed by atoms with Crippen LogP contribution in [0.3, 0.4) is 0 Å². The SMILES string of the molecule is CCOC[C@H]1CN(C)C2(C1)CN(C(=O)c1ccc(OC)c(Cl)c1)C2. The van der Waals surface area contributed by atoms with Crippen LogP contribution in [0.4, 0.5) is 0 Å². The molecule has 5 nitrogen and oxygen atoms in total. The highest BCUT2D eigenvalue weighted by atomic mass is 35.5. The number of halogens is 1. The van der Waals surface area contributed by atoms with Crippen LogP contribution >= 0.6 is 11.6 Å². The van der Waals surface area contributed by atoms with Crippen molar-refractivity contribution in [2.24, 2.45) is 5.92 Å². The lowest BCUT2D eigenvalue weighted by Crippen LogP contribution is -2.68. The summed E-state index contributed by atoms with van der Waals surface area (Å²) in [6, 6.07) is 5.20. The van der Waals surface area contributed by atoms with E-state index in [2.05, 4.69) is 11.9 Å². The van der Waals surface area contributed by atoms with Crippen molar-refractivity contribution >= 4 is 17.5 Å². The molecule has 1 amide bonds. The van der Waals surface area contributed by atoms with Crippen molar-refractivity contribution in [1.29, 1.82) is 0 Å². The number of carbonyl (C=O) groups is 1. The van der Waals surface area contributed by atoms with Crippen LogP contribution in [0.5, 0.6) is 5.75 Å². The molecule has 0 bridgehead atoms. The van der Waals surface area contributed by atoms with E-state index in [-0.39, 0.29) is 11.4 Å². The van der Waals surface area contributed by atoms with E-state index in [0.717, 1.165) is 39.3 Å². The zero-order chi connectivity index (χ0) is 17.3. The van der Waals surface area contributed by atoms with Gasteiger partial charge in [0.2, 0.25) is 0 Å². The van der Waals surface area contributed by atoms with Gasteiger partial charge in [0.1, 0.15) is 5.75 Å². The van der Waals surface area contributed by atoms with Crippen LogP contribution in [0, 0.1) is 5.92 Å². The minimum Gasteiger partial charge on any atom is -0.495 e. The topological polar surface area (TPSA) is 42.0 Å². The molecule has 132 valence electrons. The molecule has 0 N–H and O–H groups in total. The Morgan fingerprint density at radius 3 is 2.79 bits per heavy atom. The smallest absolute Gasteiger partial charge is 0.254 e. The van der Waals surface area contributed by atoms with Crippen molar-refractivity contribution in [2.45, 2.75) is 18.9 Å². The first-order valence-electron chi connectivity index (χ1n) is 8.41. The van der Waals surface area contributed by atoms with Crippen LogP contribution in [0.1, 0.15) is 23.7 Å². The molecule has 0 aromatic heterocycles. The lowest BCUT2D eigenvalue weighted by molar-refractivity contribution is -0.00794. The molecule has 1 aromatic carbocycles. The molecular formula is C18H25ClN2O3. The standard InChI is InChI=1S/C18H25ClN2O3/c1-4-24-10-13-8-18(20(2)9-13)11-21(12-18)17(22)14-5-6-16(23-3)15(19)7-14/h5-7,13H,4,8-12H2,1-3H3/t13-/m1/s1. The Balaban J connectivity index is 1.61. The van der Waals surface area contributed by atoms with Crippen LogP contribution in [0.25, 0.3) is 0 Å². The van der Waals surface area contributed by atoms with Crippen LogP contribution in [0.2, 0.25) is 5.02 Å². The van der Waals surface area contributed by atoms with E-state index in [1.54, 1.807) is 25.3 Å². The number of hydrogen-bond acceptors (Lipinski definition) is 4. The number of likely N-dealkylation sites (N-methyl/N-ethyl adjacent to an activating group) is 1. The summed E-state index contributed by atoms with van der Waals surface area (Å²) in [5.41, 5.74) is 0.732. The third-order valence-electron chi connectivity index (χ3n) is 5.22. The predicted octanol–water partition coefficient (Wildman–Crippen LogP) is 2.53. The van der Waals surface area contributed by atoms with Crippen molar-refractivity contribution in [3.05, 3.63) is 28.8 Å².